The average Bonchev–Trinajstić information content (AvgIpc) is 2.51. The predicted molar refractivity (Wildman–Crippen MR) is 58.8 cm³/mol. The van der Waals surface area contributed by atoms with Crippen LogP contribution in [0.15, 0.2) is 16.3 Å². The molecular formula is C9H13NOS2. The molecule has 0 radical (unpaired) electrons. The highest BCUT2D eigenvalue weighted by molar-refractivity contribution is 7.80. The number of carbonyl (C=O) groups excluding carboxylic acids is 1. The summed E-state index contributed by atoms with van der Waals surface area (Å²) in [5.41, 5.74) is 0. The van der Waals surface area contributed by atoms with Gasteiger partial charge in [-0.1, -0.05) is 6.92 Å². The molecule has 1 N–H and O–H groups in total. The Morgan fingerprint density at radius 3 is 2.92 bits per heavy atom. The minimum atomic E-state index is -0.000324. The third kappa shape index (κ3) is 3.04. The van der Waals surface area contributed by atoms with E-state index >= 15 is 0 Å². The van der Waals surface area contributed by atoms with E-state index in [4.69, 9.17) is 0 Å². The van der Waals surface area contributed by atoms with Gasteiger partial charge in [-0.25, -0.2) is 0 Å². The zero-order chi connectivity index (χ0) is 9.84. The second kappa shape index (κ2) is 4.67. The highest BCUT2D eigenvalue weighted by atomic mass is 32.1. The van der Waals surface area contributed by atoms with Crippen molar-refractivity contribution in [3.8, 4) is 0 Å². The maximum absolute atomic E-state index is 11.5. The summed E-state index contributed by atoms with van der Waals surface area (Å²) in [5, 5.41) is 4.75. The molecule has 0 aliphatic carbocycles. The van der Waals surface area contributed by atoms with Crippen LogP contribution in [0.3, 0.4) is 0 Å². The molecule has 0 saturated heterocycles. The molecule has 0 aliphatic heterocycles. The molecule has 1 atom stereocenters. The Balaban J connectivity index is 2.58. The van der Waals surface area contributed by atoms with E-state index in [9.17, 15) is 4.79 Å². The van der Waals surface area contributed by atoms with Gasteiger partial charge in [-0.3, -0.25) is 4.79 Å². The predicted octanol–water partition coefficient (Wildman–Crippen LogP) is 2.57. The Bertz CT molecular complexity index is 296. The summed E-state index contributed by atoms with van der Waals surface area (Å²) >= 11 is 5.57. The second-order valence-electron chi connectivity index (χ2n) is 2.95. The number of hydrogen-bond donors (Lipinski definition) is 2. The zero-order valence-corrected chi connectivity index (χ0v) is 9.41. The molecule has 1 amide bonds. The Morgan fingerprint density at radius 2 is 2.46 bits per heavy atom. The lowest BCUT2D eigenvalue weighted by Crippen LogP contribution is -2.31. The van der Waals surface area contributed by atoms with Crippen LogP contribution in [-0.2, 0) is 0 Å². The number of nitrogens with one attached hydrogen (secondary N) is 1. The van der Waals surface area contributed by atoms with Crippen LogP contribution < -0.4 is 5.32 Å². The van der Waals surface area contributed by atoms with E-state index in [0.717, 1.165) is 16.2 Å². The summed E-state index contributed by atoms with van der Waals surface area (Å²) < 4.78 is 0. The molecule has 1 aromatic heterocycles. The van der Waals surface area contributed by atoms with Gasteiger partial charge in [-0.05, 0) is 19.4 Å². The molecule has 1 aromatic rings. The van der Waals surface area contributed by atoms with Gasteiger partial charge < -0.3 is 5.32 Å². The van der Waals surface area contributed by atoms with E-state index in [-0.39, 0.29) is 11.9 Å². The maximum Gasteiger partial charge on any atom is 0.261 e. The van der Waals surface area contributed by atoms with Crippen molar-refractivity contribution >= 4 is 29.9 Å². The Hall–Kier alpha value is -0.480. The summed E-state index contributed by atoms with van der Waals surface area (Å²) in [6.45, 7) is 4.04. The van der Waals surface area contributed by atoms with Crippen molar-refractivity contribution in [2.45, 2.75) is 31.2 Å². The zero-order valence-electron chi connectivity index (χ0n) is 7.70. The van der Waals surface area contributed by atoms with Gasteiger partial charge in [0.15, 0.2) is 0 Å². The third-order valence-corrected chi connectivity index (χ3v) is 3.16. The molecular weight excluding hydrogens is 202 g/mol. The van der Waals surface area contributed by atoms with Crippen LogP contribution in [-0.4, -0.2) is 11.9 Å². The third-order valence-electron chi connectivity index (χ3n) is 1.80. The van der Waals surface area contributed by atoms with Crippen LogP contribution in [0.5, 0.6) is 0 Å². The lowest BCUT2D eigenvalue weighted by molar-refractivity contribution is 0.0943. The van der Waals surface area contributed by atoms with Crippen LogP contribution >= 0.6 is 24.0 Å². The van der Waals surface area contributed by atoms with E-state index in [1.165, 1.54) is 11.3 Å². The molecule has 4 heteroatoms. The van der Waals surface area contributed by atoms with Crippen LogP contribution in [0.4, 0.5) is 0 Å². The highest BCUT2D eigenvalue weighted by Crippen LogP contribution is 2.17. The molecule has 2 nitrogen and oxygen atoms in total. The maximum atomic E-state index is 11.5. The van der Waals surface area contributed by atoms with Crippen LogP contribution in [0.2, 0.25) is 0 Å². The average molecular weight is 215 g/mol. The van der Waals surface area contributed by atoms with E-state index in [2.05, 4.69) is 17.9 Å². The summed E-state index contributed by atoms with van der Waals surface area (Å²) in [5.74, 6) is -0.000324. The lowest BCUT2D eigenvalue weighted by atomic mass is 10.2. The second-order valence-corrected chi connectivity index (χ2v) is 4.38. The van der Waals surface area contributed by atoms with Crippen molar-refractivity contribution in [2.75, 3.05) is 0 Å². The van der Waals surface area contributed by atoms with E-state index < -0.39 is 0 Å². The molecule has 1 rings (SSSR count). The fourth-order valence-corrected chi connectivity index (χ4v) is 1.89. The van der Waals surface area contributed by atoms with Gasteiger partial charge in [-0.15, -0.1) is 24.0 Å². The van der Waals surface area contributed by atoms with Gasteiger partial charge in [-0.2, -0.15) is 0 Å². The van der Waals surface area contributed by atoms with Crippen LogP contribution in [0, 0.1) is 0 Å². The minimum absolute atomic E-state index is 0.000324. The van der Waals surface area contributed by atoms with Gasteiger partial charge >= 0.3 is 0 Å². The minimum Gasteiger partial charge on any atom is -0.349 e. The van der Waals surface area contributed by atoms with Gasteiger partial charge in [0.05, 0.1) is 4.88 Å². The number of hydrogen-bond acceptors (Lipinski definition) is 3. The summed E-state index contributed by atoms with van der Waals surface area (Å²) in [4.78, 5) is 13.1. The van der Waals surface area contributed by atoms with Crippen molar-refractivity contribution in [3.63, 3.8) is 0 Å². The molecule has 0 fully saturated rings. The van der Waals surface area contributed by atoms with Crippen molar-refractivity contribution in [2.24, 2.45) is 0 Å². The van der Waals surface area contributed by atoms with Gasteiger partial charge in [0.2, 0.25) is 0 Å². The van der Waals surface area contributed by atoms with Crippen molar-refractivity contribution in [1.29, 1.82) is 0 Å². The number of thiol groups is 1. The standard InChI is InChI=1S/C9H13NOS2/c1-3-6(2)10-9(11)8-4-7(12)5-13-8/h4-6,12H,3H2,1-2H3,(H,10,11). The molecule has 0 aliphatic rings. The molecule has 0 spiro atoms. The smallest absolute Gasteiger partial charge is 0.261 e. The molecule has 1 unspecified atom stereocenters. The monoisotopic (exact) mass is 215 g/mol. The number of thiophene rings is 1. The molecule has 0 aromatic carbocycles. The van der Waals surface area contributed by atoms with E-state index in [1.54, 1.807) is 6.07 Å². The van der Waals surface area contributed by atoms with Crippen molar-refractivity contribution < 1.29 is 4.79 Å². The Labute approximate surface area is 87.8 Å². The SMILES string of the molecule is CCC(C)NC(=O)c1cc(S)cs1. The quantitative estimate of drug-likeness (QED) is 0.746. The first kappa shape index (κ1) is 10.6. The Kier molecular flexibility index (Phi) is 3.81. The van der Waals surface area contributed by atoms with Crippen molar-refractivity contribution in [3.05, 3.63) is 16.3 Å². The van der Waals surface area contributed by atoms with E-state index in [0.29, 0.717) is 0 Å². The Morgan fingerprint density at radius 1 is 1.77 bits per heavy atom. The normalized spacial score (nSPS) is 12.5. The molecule has 0 saturated carbocycles. The largest absolute Gasteiger partial charge is 0.349 e. The summed E-state index contributed by atoms with van der Waals surface area (Å²) in [6, 6.07) is 2.02. The fraction of sp³-hybridized carbons (Fsp3) is 0.444. The van der Waals surface area contributed by atoms with Crippen LogP contribution in [0.25, 0.3) is 0 Å². The van der Waals surface area contributed by atoms with E-state index in [1.807, 2.05) is 19.2 Å². The number of rotatable bonds is 3. The molecule has 1 heterocycles. The van der Waals surface area contributed by atoms with Gasteiger partial charge in [0.1, 0.15) is 0 Å². The number of amides is 1. The molecule has 0 bridgehead atoms. The first-order valence-electron chi connectivity index (χ1n) is 4.21. The van der Waals surface area contributed by atoms with Gasteiger partial charge in [0.25, 0.3) is 5.91 Å². The highest BCUT2D eigenvalue weighted by Gasteiger charge is 2.09. The summed E-state index contributed by atoms with van der Waals surface area (Å²) in [6.07, 6.45) is 0.949. The van der Waals surface area contributed by atoms with Crippen LogP contribution in [0.1, 0.15) is 29.9 Å². The fourth-order valence-electron chi connectivity index (χ4n) is 0.842. The summed E-state index contributed by atoms with van der Waals surface area (Å²) in [7, 11) is 0. The first-order chi connectivity index (χ1) is 6.13. The van der Waals surface area contributed by atoms with Crippen molar-refractivity contribution in [1.82, 2.24) is 5.32 Å². The topological polar surface area (TPSA) is 29.1 Å². The lowest BCUT2D eigenvalue weighted by Gasteiger charge is -2.09. The molecule has 13 heavy (non-hydrogen) atoms. The number of carbonyl (C=O) groups is 1. The first-order valence-corrected chi connectivity index (χ1v) is 5.54. The van der Waals surface area contributed by atoms with Gasteiger partial charge in [0, 0.05) is 16.3 Å². The molecule has 72 valence electrons.